The molecule has 2 heterocycles. The zero-order chi connectivity index (χ0) is 37.0. The second kappa shape index (κ2) is 13.2. The summed E-state index contributed by atoms with van der Waals surface area (Å²) in [5.74, 6) is 0. The first-order chi connectivity index (χ1) is 27.7. The topological polar surface area (TPSA) is 18.1 Å². The molecule has 0 unspecified atom stereocenters. The Kier molecular flexibility index (Phi) is 7.53. The molecule has 11 aromatic rings. The van der Waals surface area contributed by atoms with E-state index in [2.05, 4.69) is 205 Å². The minimum Gasteiger partial charge on any atom is -0.456 e. The molecular weight excluding hydrogens is 679 g/mol. The summed E-state index contributed by atoms with van der Waals surface area (Å²) >= 11 is 0. The molecule has 0 N–H and O–H groups in total. The van der Waals surface area contributed by atoms with Crippen molar-refractivity contribution >= 4 is 43.7 Å². The van der Waals surface area contributed by atoms with E-state index in [1.54, 1.807) is 0 Å². The minimum atomic E-state index is 0.917. The van der Waals surface area contributed by atoms with Gasteiger partial charge in [-0.1, -0.05) is 164 Å². The fraction of sp³-hybridized carbons (Fsp3) is 0. The van der Waals surface area contributed by atoms with Crippen molar-refractivity contribution < 1.29 is 4.42 Å². The van der Waals surface area contributed by atoms with Gasteiger partial charge in [-0.15, -0.1) is 0 Å². The molecule has 2 aromatic heterocycles. The van der Waals surface area contributed by atoms with Crippen LogP contribution in [0.25, 0.3) is 105 Å². The van der Waals surface area contributed by atoms with Crippen LogP contribution >= 0.6 is 0 Å². The van der Waals surface area contributed by atoms with Gasteiger partial charge in [0.25, 0.3) is 0 Å². The smallest absolute Gasteiger partial charge is 0.135 e. The van der Waals surface area contributed by atoms with Crippen LogP contribution < -0.4 is 0 Å². The van der Waals surface area contributed by atoms with Crippen molar-refractivity contribution in [2.75, 3.05) is 0 Å². The second-order valence-corrected chi connectivity index (χ2v) is 14.5. The highest BCUT2D eigenvalue weighted by Crippen LogP contribution is 2.40. The van der Waals surface area contributed by atoms with Crippen LogP contribution in [0.15, 0.2) is 217 Å². The molecule has 9 aromatic carbocycles. The molecule has 0 aliphatic carbocycles. The van der Waals surface area contributed by atoms with Crippen molar-refractivity contribution in [3.8, 4) is 61.3 Å². The predicted octanol–water partition coefficient (Wildman–Crippen LogP) is 15.0. The summed E-state index contributed by atoms with van der Waals surface area (Å²) in [4.78, 5) is 0. The fourth-order valence-corrected chi connectivity index (χ4v) is 8.42. The first kappa shape index (κ1) is 32.0. The van der Waals surface area contributed by atoms with Gasteiger partial charge in [-0.3, -0.25) is 0 Å². The normalized spacial score (nSPS) is 11.6. The summed E-state index contributed by atoms with van der Waals surface area (Å²) in [6.45, 7) is 0. The summed E-state index contributed by atoms with van der Waals surface area (Å²) in [6.07, 6.45) is 0. The fourth-order valence-electron chi connectivity index (χ4n) is 8.42. The van der Waals surface area contributed by atoms with Gasteiger partial charge >= 0.3 is 0 Å². The van der Waals surface area contributed by atoms with Crippen molar-refractivity contribution in [2.45, 2.75) is 0 Å². The standard InChI is InChI=1S/C54H35NO/c1-3-11-36(12-4-1)42-27-30-51-47(33-42)48-34-43(37-13-5-2-6-14-37)28-31-52(48)55(51)50-17-9-7-15-45(50)41-25-23-39(24-26-41)38-19-21-40(22-20-38)44-29-32-54-49(35-44)46-16-8-10-18-53(46)56-54/h1-35H. The molecule has 2 heteroatoms. The molecular formula is C54H35NO. The number of hydrogen-bond acceptors (Lipinski definition) is 1. The average Bonchev–Trinajstić information content (AvgIpc) is 3.82. The lowest BCUT2D eigenvalue weighted by atomic mass is 9.97. The van der Waals surface area contributed by atoms with E-state index in [9.17, 15) is 0 Å². The van der Waals surface area contributed by atoms with E-state index in [4.69, 9.17) is 4.42 Å². The summed E-state index contributed by atoms with van der Waals surface area (Å²) in [5.41, 5.74) is 17.4. The highest BCUT2D eigenvalue weighted by Gasteiger charge is 2.18. The van der Waals surface area contributed by atoms with E-state index >= 15 is 0 Å². The number of benzene rings is 9. The maximum absolute atomic E-state index is 6.07. The molecule has 56 heavy (non-hydrogen) atoms. The third-order valence-electron chi connectivity index (χ3n) is 11.2. The Morgan fingerprint density at radius 3 is 1.29 bits per heavy atom. The lowest BCUT2D eigenvalue weighted by Gasteiger charge is -2.15. The summed E-state index contributed by atoms with van der Waals surface area (Å²) in [6, 6.07) is 76.5. The zero-order valence-electron chi connectivity index (χ0n) is 30.6. The molecule has 11 rings (SSSR count). The van der Waals surface area contributed by atoms with Gasteiger partial charge in [0.2, 0.25) is 0 Å². The predicted molar refractivity (Wildman–Crippen MR) is 235 cm³/mol. The summed E-state index contributed by atoms with van der Waals surface area (Å²) in [5, 5.41) is 4.78. The van der Waals surface area contributed by atoms with E-state index in [0.717, 1.165) is 27.6 Å². The summed E-state index contributed by atoms with van der Waals surface area (Å²) < 4.78 is 8.51. The maximum Gasteiger partial charge on any atom is 0.135 e. The molecule has 262 valence electrons. The van der Waals surface area contributed by atoms with E-state index in [1.807, 2.05) is 12.1 Å². The van der Waals surface area contributed by atoms with Crippen LogP contribution in [0.4, 0.5) is 0 Å². The quantitative estimate of drug-likeness (QED) is 0.168. The maximum atomic E-state index is 6.07. The van der Waals surface area contributed by atoms with Crippen molar-refractivity contribution in [1.29, 1.82) is 0 Å². The van der Waals surface area contributed by atoms with Gasteiger partial charge in [-0.2, -0.15) is 0 Å². The van der Waals surface area contributed by atoms with E-state index in [-0.39, 0.29) is 0 Å². The Labute approximate surface area is 325 Å². The second-order valence-electron chi connectivity index (χ2n) is 14.5. The number of furan rings is 1. The monoisotopic (exact) mass is 713 g/mol. The molecule has 2 nitrogen and oxygen atoms in total. The molecule has 0 aliphatic rings. The van der Waals surface area contributed by atoms with Gasteiger partial charge in [0.1, 0.15) is 11.2 Å². The molecule has 0 spiro atoms. The lowest BCUT2D eigenvalue weighted by Crippen LogP contribution is -1.97. The number of para-hydroxylation sites is 2. The van der Waals surface area contributed by atoms with Crippen LogP contribution in [0.5, 0.6) is 0 Å². The zero-order valence-corrected chi connectivity index (χ0v) is 30.6. The van der Waals surface area contributed by atoms with Gasteiger partial charge in [-0.25, -0.2) is 0 Å². The van der Waals surface area contributed by atoms with Crippen LogP contribution in [0.2, 0.25) is 0 Å². The van der Waals surface area contributed by atoms with Crippen LogP contribution in [0.3, 0.4) is 0 Å². The van der Waals surface area contributed by atoms with Gasteiger partial charge in [0.15, 0.2) is 0 Å². The van der Waals surface area contributed by atoms with Crippen LogP contribution in [-0.4, -0.2) is 4.57 Å². The van der Waals surface area contributed by atoms with Crippen LogP contribution in [-0.2, 0) is 0 Å². The Bertz CT molecular complexity index is 3110. The largest absolute Gasteiger partial charge is 0.456 e. The van der Waals surface area contributed by atoms with Crippen molar-refractivity contribution in [3.05, 3.63) is 212 Å². The van der Waals surface area contributed by atoms with Crippen LogP contribution in [0, 0.1) is 0 Å². The minimum absolute atomic E-state index is 0.917. The molecule has 0 amide bonds. The Morgan fingerprint density at radius 2 is 0.679 bits per heavy atom. The van der Waals surface area contributed by atoms with E-state index in [1.165, 1.54) is 77.4 Å². The van der Waals surface area contributed by atoms with Crippen molar-refractivity contribution in [3.63, 3.8) is 0 Å². The Hall–Kier alpha value is -7.42. The molecule has 0 saturated carbocycles. The van der Waals surface area contributed by atoms with Gasteiger partial charge in [-0.05, 0) is 98.6 Å². The number of rotatable bonds is 6. The third kappa shape index (κ3) is 5.42. The first-order valence-corrected chi connectivity index (χ1v) is 19.2. The molecule has 0 bridgehead atoms. The third-order valence-corrected chi connectivity index (χ3v) is 11.2. The van der Waals surface area contributed by atoms with Crippen molar-refractivity contribution in [1.82, 2.24) is 4.57 Å². The summed E-state index contributed by atoms with van der Waals surface area (Å²) in [7, 11) is 0. The first-order valence-electron chi connectivity index (χ1n) is 19.2. The number of hydrogen-bond donors (Lipinski definition) is 0. The lowest BCUT2D eigenvalue weighted by molar-refractivity contribution is 0.669. The van der Waals surface area contributed by atoms with Crippen LogP contribution in [0.1, 0.15) is 0 Å². The molecule has 0 atom stereocenters. The van der Waals surface area contributed by atoms with Crippen molar-refractivity contribution in [2.24, 2.45) is 0 Å². The molecule has 0 aliphatic heterocycles. The Morgan fingerprint density at radius 1 is 0.268 bits per heavy atom. The van der Waals surface area contributed by atoms with E-state index in [0.29, 0.717) is 0 Å². The molecule has 0 fully saturated rings. The van der Waals surface area contributed by atoms with Gasteiger partial charge in [0.05, 0.1) is 16.7 Å². The average molecular weight is 714 g/mol. The number of nitrogens with zero attached hydrogens (tertiary/aromatic N) is 1. The van der Waals surface area contributed by atoms with Gasteiger partial charge in [0, 0.05) is 27.1 Å². The highest BCUT2D eigenvalue weighted by atomic mass is 16.3. The number of fused-ring (bicyclic) bond motifs is 6. The Balaban J connectivity index is 0.970. The highest BCUT2D eigenvalue weighted by molar-refractivity contribution is 6.12. The number of aromatic nitrogens is 1. The molecule has 0 radical (unpaired) electrons. The van der Waals surface area contributed by atoms with E-state index < -0.39 is 0 Å². The SMILES string of the molecule is c1ccc(-c2ccc3c(c2)c2cc(-c4ccccc4)ccc2n3-c2ccccc2-c2ccc(-c3ccc(-c4ccc5oc6ccccc6c5c4)cc3)cc2)cc1. The van der Waals surface area contributed by atoms with Gasteiger partial charge < -0.3 is 8.98 Å². The molecule has 0 saturated heterocycles.